The first-order chi connectivity index (χ1) is 12.6. The van der Waals surface area contributed by atoms with Gasteiger partial charge in [0.25, 0.3) is 0 Å². The van der Waals surface area contributed by atoms with Crippen molar-refractivity contribution in [3.63, 3.8) is 0 Å². The number of methoxy groups -OCH3 is 2. The fourth-order valence-corrected chi connectivity index (χ4v) is 3.13. The molecule has 140 valence electrons. The van der Waals surface area contributed by atoms with Crippen LogP contribution in [-0.4, -0.2) is 14.2 Å². The van der Waals surface area contributed by atoms with Gasteiger partial charge in [0.1, 0.15) is 17.3 Å². The second-order valence-corrected chi connectivity index (χ2v) is 5.94. The number of hydrogen-bond donors (Lipinski definition) is 1. The van der Waals surface area contributed by atoms with Crippen molar-refractivity contribution in [2.45, 2.75) is 12.0 Å². The Morgan fingerprint density at radius 3 is 2.70 bits per heavy atom. The molecule has 0 saturated carbocycles. The number of hydrogen-bond acceptors (Lipinski definition) is 5. The monoisotopic (exact) mass is 384 g/mol. The van der Waals surface area contributed by atoms with Crippen molar-refractivity contribution in [3.8, 4) is 17.4 Å². The average Bonchev–Trinajstić information content (AvgIpc) is 3.16. The number of nitrogen functional groups attached to an aromatic ring is 1. The number of halogens is 1. The fraction of sp³-hybridized carbons (Fsp3) is 0.190. The van der Waals surface area contributed by atoms with Crippen LogP contribution in [0.2, 0.25) is 0 Å². The summed E-state index contributed by atoms with van der Waals surface area (Å²) in [5.74, 6) is 1.96. The highest BCUT2D eigenvalue weighted by atomic mass is 35.5. The maximum atomic E-state index is 8.79. The minimum atomic E-state index is -0.892. The Kier molecular flexibility index (Phi) is 6.51. The number of ether oxygens (including phenoxy) is 2. The van der Waals surface area contributed by atoms with Crippen LogP contribution in [0.15, 0.2) is 76.5 Å². The van der Waals surface area contributed by atoms with Gasteiger partial charge in [0.2, 0.25) is 0 Å². The molecule has 5 nitrogen and oxygen atoms in total. The SMILES string of the molecule is COC1=CC=C(C=CC#N)CC1(OC)c1ccc(-c2cccc(N)c2)o1.Cl. The molecule has 1 aliphatic carbocycles. The summed E-state index contributed by atoms with van der Waals surface area (Å²) in [6.45, 7) is 0. The Labute approximate surface area is 164 Å². The van der Waals surface area contributed by atoms with Crippen LogP contribution in [0.4, 0.5) is 5.69 Å². The molecule has 0 fully saturated rings. The number of nitrogens with zero attached hydrogens (tertiary/aromatic N) is 1. The van der Waals surface area contributed by atoms with E-state index in [0.29, 0.717) is 29.4 Å². The Morgan fingerprint density at radius 2 is 2.04 bits per heavy atom. The van der Waals surface area contributed by atoms with Crippen LogP contribution in [0.25, 0.3) is 11.3 Å². The molecule has 1 heterocycles. The van der Waals surface area contributed by atoms with Gasteiger partial charge in [0.05, 0.1) is 13.2 Å². The quantitative estimate of drug-likeness (QED) is 0.595. The lowest BCUT2D eigenvalue weighted by atomic mass is 9.85. The second-order valence-electron chi connectivity index (χ2n) is 5.94. The van der Waals surface area contributed by atoms with Crippen LogP contribution >= 0.6 is 12.4 Å². The molecule has 2 aromatic rings. The average molecular weight is 385 g/mol. The Bertz CT molecular complexity index is 937. The van der Waals surface area contributed by atoms with Crippen LogP contribution in [0, 0.1) is 11.3 Å². The van der Waals surface area contributed by atoms with Crippen molar-refractivity contribution in [2.75, 3.05) is 20.0 Å². The lowest BCUT2D eigenvalue weighted by molar-refractivity contribution is -0.0390. The van der Waals surface area contributed by atoms with Crippen LogP contribution in [0.5, 0.6) is 0 Å². The summed E-state index contributed by atoms with van der Waals surface area (Å²) in [6, 6.07) is 13.3. The zero-order valence-corrected chi connectivity index (χ0v) is 16.0. The molecule has 0 saturated heterocycles. The van der Waals surface area contributed by atoms with Crippen LogP contribution in [-0.2, 0) is 15.1 Å². The topological polar surface area (TPSA) is 81.4 Å². The molecule has 0 amide bonds. The van der Waals surface area contributed by atoms with E-state index in [1.807, 2.05) is 54.6 Å². The minimum Gasteiger partial charge on any atom is -0.498 e. The first-order valence-corrected chi connectivity index (χ1v) is 8.16. The smallest absolute Gasteiger partial charge is 0.185 e. The molecule has 1 atom stereocenters. The van der Waals surface area contributed by atoms with Gasteiger partial charge in [-0.25, -0.2) is 0 Å². The highest BCUT2D eigenvalue weighted by Gasteiger charge is 2.43. The van der Waals surface area contributed by atoms with Gasteiger partial charge in [-0.05, 0) is 42.0 Å². The second kappa shape index (κ2) is 8.63. The predicted molar refractivity (Wildman–Crippen MR) is 107 cm³/mol. The van der Waals surface area contributed by atoms with Gasteiger partial charge >= 0.3 is 0 Å². The number of nitriles is 1. The van der Waals surface area contributed by atoms with Gasteiger partial charge in [-0.15, -0.1) is 12.4 Å². The summed E-state index contributed by atoms with van der Waals surface area (Å²) in [5.41, 5.74) is 7.48. The third kappa shape index (κ3) is 3.92. The molecule has 1 aromatic carbocycles. The molecule has 0 radical (unpaired) electrons. The summed E-state index contributed by atoms with van der Waals surface area (Å²) < 4.78 is 17.6. The molecule has 0 spiro atoms. The number of nitrogens with two attached hydrogens (primary N) is 1. The molecule has 2 N–H and O–H groups in total. The maximum Gasteiger partial charge on any atom is 0.185 e. The number of allylic oxidation sites excluding steroid dienone is 4. The maximum absolute atomic E-state index is 8.79. The number of furan rings is 1. The van der Waals surface area contributed by atoms with Crippen molar-refractivity contribution >= 4 is 18.1 Å². The molecular formula is C21H21ClN2O3. The van der Waals surface area contributed by atoms with Gasteiger partial charge in [0.15, 0.2) is 5.60 Å². The largest absolute Gasteiger partial charge is 0.498 e. The van der Waals surface area contributed by atoms with E-state index in [4.69, 9.17) is 24.9 Å². The number of anilines is 1. The van der Waals surface area contributed by atoms with E-state index in [1.165, 1.54) is 6.08 Å². The molecule has 3 rings (SSSR count). The number of benzene rings is 1. The van der Waals surface area contributed by atoms with E-state index >= 15 is 0 Å². The molecule has 1 aliphatic rings. The fourth-order valence-electron chi connectivity index (χ4n) is 3.13. The summed E-state index contributed by atoms with van der Waals surface area (Å²) >= 11 is 0. The minimum absolute atomic E-state index is 0. The Morgan fingerprint density at radius 1 is 1.22 bits per heavy atom. The van der Waals surface area contributed by atoms with Crippen molar-refractivity contribution in [1.29, 1.82) is 5.26 Å². The third-order valence-corrected chi connectivity index (χ3v) is 4.42. The van der Waals surface area contributed by atoms with Crippen molar-refractivity contribution in [2.24, 2.45) is 0 Å². The highest BCUT2D eigenvalue weighted by molar-refractivity contribution is 5.85. The molecule has 1 aromatic heterocycles. The van der Waals surface area contributed by atoms with E-state index in [1.54, 1.807) is 20.3 Å². The van der Waals surface area contributed by atoms with Gasteiger partial charge in [-0.2, -0.15) is 5.26 Å². The van der Waals surface area contributed by atoms with Crippen LogP contribution in [0.1, 0.15) is 12.2 Å². The molecule has 0 aliphatic heterocycles. The standard InChI is InChI=1S/C21H20N2O3.ClH/c1-24-19-10-8-15(5-4-12-22)14-21(19,25-2)20-11-9-18(26-20)16-6-3-7-17(23)13-16;/h3-11,13H,14,23H2,1-2H3;1H. The number of rotatable bonds is 5. The van der Waals surface area contributed by atoms with Crippen molar-refractivity contribution < 1.29 is 13.9 Å². The molecule has 6 heteroatoms. The van der Waals surface area contributed by atoms with E-state index < -0.39 is 5.60 Å². The Hall–Kier alpha value is -2.94. The molecule has 27 heavy (non-hydrogen) atoms. The third-order valence-electron chi connectivity index (χ3n) is 4.42. The van der Waals surface area contributed by atoms with Gasteiger partial charge < -0.3 is 19.6 Å². The predicted octanol–water partition coefficient (Wildman–Crippen LogP) is 4.73. The summed E-state index contributed by atoms with van der Waals surface area (Å²) in [7, 11) is 3.22. The Balaban J connectivity index is 0.00000261. The summed E-state index contributed by atoms with van der Waals surface area (Å²) in [4.78, 5) is 0. The van der Waals surface area contributed by atoms with Crippen LogP contribution in [0.3, 0.4) is 0 Å². The van der Waals surface area contributed by atoms with E-state index in [0.717, 1.165) is 11.1 Å². The van der Waals surface area contributed by atoms with Crippen molar-refractivity contribution in [1.82, 2.24) is 0 Å². The van der Waals surface area contributed by atoms with Gasteiger partial charge in [0, 0.05) is 30.9 Å². The normalized spacial score (nSPS) is 19.0. The highest BCUT2D eigenvalue weighted by Crippen LogP contribution is 2.44. The molecule has 0 bridgehead atoms. The van der Waals surface area contributed by atoms with Crippen molar-refractivity contribution in [3.05, 3.63) is 77.8 Å². The zero-order chi connectivity index (χ0) is 18.6. The zero-order valence-electron chi connectivity index (χ0n) is 15.1. The summed E-state index contributed by atoms with van der Waals surface area (Å²) in [5, 5.41) is 8.79. The van der Waals surface area contributed by atoms with Crippen LogP contribution < -0.4 is 5.73 Å². The first-order valence-electron chi connectivity index (χ1n) is 8.16. The summed E-state index contributed by atoms with van der Waals surface area (Å²) in [6.07, 6.45) is 7.44. The van der Waals surface area contributed by atoms with Gasteiger partial charge in [-0.1, -0.05) is 18.2 Å². The molecule has 1 unspecified atom stereocenters. The lowest BCUT2D eigenvalue weighted by Crippen LogP contribution is -2.33. The van der Waals surface area contributed by atoms with E-state index in [2.05, 4.69) is 0 Å². The first kappa shape index (κ1) is 20.4. The van der Waals surface area contributed by atoms with E-state index in [9.17, 15) is 0 Å². The van der Waals surface area contributed by atoms with E-state index in [-0.39, 0.29) is 12.4 Å². The molecular weight excluding hydrogens is 364 g/mol. The lowest BCUT2D eigenvalue weighted by Gasteiger charge is -2.34. The van der Waals surface area contributed by atoms with Gasteiger partial charge in [-0.3, -0.25) is 0 Å².